The number of carbonyl (C=O) groups is 1. The highest BCUT2D eigenvalue weighted by atomic mass is 16.5. The predicted octanol–water partition coefficient (Wildman–Crippen LogP) is 3.33. The summed E-state index contributed by atoms with van der Waals surface area (Å²) in [6.07, 6.45) is 0. The topological polar surface area (TPSA) is 69.0 Å². The van der Waals surface area contributed by atoms with E-state index in [1.165, 1.54) is 0 Å². The molecule has 6 heteroatoms. The van der Waals surface area contributed by atoms with Crippen molar-refractivity contribution >= 4 is 5.91 Å². The van der Waals surface area contributed by atoms with Gasteiger partial charge in [0.05, 0.1) is 18.5 Å². The van der Waals surface area contributed by atoms with Crippen molar-refractivity contribution in [2.75, 3.05) is 7.11 Å². The van der Waals surface area contributed by atoms with E-state index < -0.39 is 0 Å². The smallest absolute Gasteiger partial charge is 0.274 e. The van der Waals surface area contributed by atoms with Crippen LogP contribution in [0.3, 0.4) is 0 Å². The van der Waals surface area contributed by atoms with Gasteiger partial charge in [0.2, 0.25) is 0 Å². The monoisotopic (exact) mass is 350 g/mol. The summed E-state index contributed by atoms with van der Waals surface area (Å²) in [6, 6.07) is 17.3. The van der Waals surface area contributed by atoms with Crippen molar-refractivity contribution < 1.29 is 9.53 Å². The lowest BCUT2D eigenvalue weighted by Crippen LogP contribution is -2.25. The Morgan fingerprint density at radius 2 is 1.81 bits per heavy atom. The van der Waals surface area contributed by atoms with Crippen LogP contribution >= 0.6 is 0 Å². The first kappa shape index (κ1) is 17.7. The van der Waals surface area contributed by atoms with Crippen LogP contribution < -0.4 is 10.1 Å². The SMILES string of the molecule is COc1ccc(-n2nnc(C(=O)NCc3ccccc3)c2C(C)C)cc1. The number of rotatable bonds is 6. The Morgan fingerprint density at radius 3 is 2.42 bits per heavy atom. The van der Waals surface area contributed by atoms with Gasteiger partial charge >= 0.3 is 0 Å². The van der Waals surface area contributed by atoms with Crippen LogP contribution in [0.5, 0.6) is 5.75 Å². The molecule has 0 fully saturated rings. The van der Waals surface area contributed by atoms with Crippen LogP contribution in [0.25, 0.3) is 5.69 Å². The Kier molecular flexibility index (Phi) is 5.31. The second-order valence-corrected chi connectivity index (χ2v) is 6.26. The molecule has 1 heterocycles. The van der Waals surface area contributed by atoms with Crippen LogP contribution in [0.2, 0.25) is 0 Å². The average molecular weight is 350 g/mol. The van der Waals surface area contributed by atoms with Crippen LogP contribution in [-0.4, -0.2) is 28.0 Å². The summed E-state index contributed by atoms with van der Waals surface area (Å²) in [6.45, 7) is 4.49. The minimum absolute atomic E-state index is 0.0876. The molecular formula is C20H22N4O2. The maximum absolute atomic E-state index is 12.6. The van der Waals surface area contributed by atoms with Crippen molar-refractivity contribution in [2.45, 2.75) is 26.3 Å². The Balaban J connectivity index is 1.85. The van der Waals surface area contributed by atoms with Crippen molar-refractivity contribution in [2.24, 2.45) is 0 Å². The summed E-state index contributed by atoms with van der Waals surface area (Å²) < 4.78 is 6.90. The fourth-order valence-corrected chi connectivity index (χ4v) is 2.74. The summed E-state index contributed by atoms with van der Waals surface area (Å²) >= 11 is 0. The summed E-state index contributed by atoms with van der Waals surface area (Å²) in [5.74, 6) is 0.627. The third-order valence-corrected chi connectivity index (χ3v) is 4.08. The Hall–Kier alpha value is -3.15. The molecule has 0 aliphatic carbocycles. The number of methoxy groups -OCH3 is 1. The number of benzene rings is 2. The number of nitrogens with one attached hydrogen (secondary N) is 1. The molecule has 3 rings (SSSR count). The first-order valence-corrected chi connectivity index (χ1v) is 8.52. The summed E-state index contributed by atoms with van der Waals surface area (Å²) in [5, 5.41) is 11.3. The number of amides is 1. The Bertz CT molecular complexity index is 871. The molecule has 0 atom stereocenters. The molecule has 6 nitrogen and oxygen atoms in total. The van der Waals surface area contributed by atoms with Crippen molar-refractivity contribution in [1.29, 1.82) is 0 Å². The molecule has 26 heavy (non-hydrogen) atoms. The molecular weight excluding hydrogens is 328 g/mol. The van der Waals surface area contributed by atoms with E-state index in [0.717, 1.165) is 22.7 Å². The molecule has 3 aromatic rings. The van der Waals surface area contributed by atoms with Crippen LogP contribution in [0.15, 0.2) is 54.6 Å². The van der Waals surface area contributed by atoms with Crippen molar-refractivity contribution in [3.8, 4) is 11.4 Å². The molecule has 0 aliphatic heterocycles. The average Bonchev–Trinajstić information content (AvgIpc) is 3.12. The molecule has 0 spiro atoms. The minimum atomic E-state index is -0.225. The minimum Gasteiger partial charge on any atom is -0.497 e. The molecule has 0 unspecified atom stereocenters. The van der Waals surface area contributed by atoms with E-state index in [0.29, 0.717) is 12.2 Å². The molecule has 0 bridgehead atoms. The lowest BCUT2D eigenvalue weighted by atomic mass is 10.1. The van der Waals surface area contributed by atoms with E-state index in [-0.39, 0.29) is 11.8 Å². The fourth-order valence-electron chi connectivity index (χ4n) is 2.74. The van der Waals surface area contributed by atoms with Gasteiger partial charge in [0, 0.05) is 6.54 Å². The van der Waals surface area contributed by atoms with Gasteiger partial charge in [-0.1, -0.05) is 49.4 Å². The van der Waals surface area contributed by atoms with Gasteiger partial charge in [0.15, 0.2) is 5.69 Å². The van der Waals surface area contributed by atoms with E-state index in [1.807, 2.05) is 68.4 Å². The van der Waals surface area contributed by atoms with Crippen molar-refractivity contribution in [3.05, 3.63) is 71.5 Å². The normalized spacial score (nSPS) is 10.8. The van der Waals surface area contributed by atoms with Gasteiger partial charge in [-0.25, -0.2) is 4.68 Å². The predicted molar refractivity (Wildman–Crippen MR) is 99.6 cm³/mol. The Morgan fingerprint density at radius 1 is 1.12 bits per heavy atom. The van der Waals surface area contributed by atoms with E-state index in [4.69, 9.17) is 4.74 Å². The molecule has 2 aromatic carbocycles. The van der Waals surface area contributed by atoms with E-state index >= 15 is 0 Å². The first-order chi connectivity index (χ1) is 12.6. The van der Waals surface area contributed by atoms with Crippen LogP contribution in [-0.2, 0) is 6.54 Å². The molecule has 1 N–H and O–H groups in total. The number of carbonyl (C=O) groups excluding carboxylic acids is 1. The summed E-state index contributed by atoms with van der Waals surface area (Å²) in [4.78, 5) is 12.6. The van der Waals surface area contributed by atoms with Gasteiger partial charge in [-0.3, -0.25) is 4.79 Å². The summed E-state index contributed by atoms with van der Waals surface area (Å²) in [7, 11) is 1.62. The highest BCUT2D eigenvalue weighted by Crippen LogP contribution is 2.23. The first-order valence-electron chi connectivity index (χ1n) is 8.52. The molecule has 1 amide bonds. The van der Waals surface area contributed by atoms with E-state index in [2.05, 4.69) is 15.6 Å². The lowest BCUT2D eigenvalue weighted by Gasteiger charge is -2.11. The Labute approximate surface area is 152 Å². The number of aromatic nitrogens is 3. The number of hydrogen-bond acceptors (Lipinski definition) is 4. The van der Waals surface area contributed by atoms with Gasteiger partial charge in [0.1, 0.15) is 5.75 Å². The largest absolute Gasteiger partial charge is 0.497 e. The van der Waals surface area contributed by atoms with Gasteiger partial charge in [-0.05, 0) is 35.7 Å². The maximum atomic E-state index is 12.6. The molecule has 0 radical (unpaired) electrons. The molecule has 0 saturated carbocycles. The van der Waals surface area contributed by atoms with Gasteiger partial charge in [-0.15, -0.1) is 5.10 Å². The van der Waals surface area contributed by atoms with E-state index in [9.17, 15) is 4.79 Å². The fraction of sp³-hybridized carbons (Fsp3) is 0.250. The third kappa shape index (κ3) is 3.74. The number of ether oxygens (including phenoxy) is 1. The van der Waals surface area contributed by atoms with E-state index in [1.54, 1.807) is 11.8 Å². The van der Waals surface area contributed by atoms with Crippen LogP contribution in [0.1, 0.15) is 41.5 Å². The zero-order chi connectivity index (χ0) is 18.5. The highest BCUT2D eigenvalue weighted by molar-refractivity contribution is 5.93. The lowest BCUT2D eigenvalue weighted by molar-refractivity contribution is 0.0944. The highest BCUT2D eigenvalue weighted by Gasteiger charge is 2.22. The number of nitrogens with zero attached hydrogens (tertiary/aromatic N) is 3. The van der Waals surface area contributed by atoms with Crippen molar-refractivity contribution in [3.63, 3.8) is 0 Å². The second-order valence-electron chi connectivity index (χ2n) is 6.26. The maximum Gasteiger partial charge on any atom is 0.274 e. The molecule has 0 saturated heterocycles. The molecule has 134 valence electrons. The summed E-state index contributed by atoms with van der Waals surface area (Å²) in [5.41, 5.74) is 3.01. The van der Waals surface area contributed by atoms with Crippen LogP contribution in [0.4, 0.5) is 0 Å². The standard InChI is InChI=1S/C20H22N4O2/c1-14(2)19-18(20(25)21-13-15-7-5-4-6-8-15)22-23-24(19)16-9-11-17(26-3)12-10-16/h4-12,14H,13H2,1-3H3,(H,21,25). The number of hydrogen-bond donors (Lipinski definition) is 1. The van der Waals surface area contributed by atoms with Gasteiger partial charge < -0.3 is 10.1 Å². The van der Waals surface area contributed by atoms with Gasteiger partial charge in [0.25, 0.3) is 5.91 Å². The zero-order valence-electron chi connectivity index (χ0n) is 15.1. The second kappa shape index (κ2) is 7.82. The van der Waals surface area contributed by atoms with Crippen LogP contribution in [0, 0.1) is 0 Å². The van der Waals surface area contributed by atoms with Gasteiger partial charge in [-0.2, -0.15) is 0 Å². The molecule has 0 aliphatic rings. The zero-order valence-corrected chi connectivity index (χ0v) is 15.1. The quantitative estimate of drug-likeness (QED) is 0.740. The third-order valence-electron chi connectivity index (χ3n) is 4.08. The molecule has 1 aromatic heterocycles. The van der Waals surface area contributed by atoms with Crippen molar-refractivity contribution in [1.82, 2.24) is 20.3 Å².